The average Bonchev–Trinajstić information content (AvgIpc) is 2.05. The fourth-order valence-electron chi connectivity index (χ4n) is 1.01. The van der Waals surface area contributed by atoms with Crippen molar-refractivity contribution in [2.24, 2.45) is 5.92 Å². The number of hydrogen-bond acceptors (Lipinski definition) is 3. The van der Waals surface area contributed by atoms with Gasteiger partial charge in [-0.05, 0) is 6.42 Å². The van der Waals surface area contributed by atoms with Gasteiger partial charge in [0.15, 0.2) is 0 Å². The van der Waals surface area contributed by atoms with E-state index in [1.54, 1.807) is 0 Å². The van der Waals surface area contributed by atoms with Gasteiger partial charge in [0.25, 0.3) is 6.57 Å². The smallest absolute Gasteiger partial charge is 0.258 e. The van der Waals surface area contributed by atoms with Crippen LogP contribution in [0.3, 0.4) is 0 Å². The summed E-state index contributed by atoms with van der Waals surface area (Å²) in [6.45, 7) is -2.39. The second-order valence-electron chi connectivity index (χ2n) is 2.46. The predicted octanol–water partition coefficient (Wildman–Crippen LogP) is 2.21. The van der Waals surface area contributed by atoms with Crippen LogP contribution < -0.4 is 0 Å². The van der Waals surface area contributed by atoms with E-state index in [1.165, 1.54) is 18.5 Å². The maximum atomic E-state index is 11.6. The van der Waals surface area contributed by atoms with Crippen LogP contribution in [0, 0.1) is 18.3 Å². The molecule has 1 aliphatic rings. The summed E-state index contributed by atoms with van der Waals surface area (Å²) in [7, 11) is 1.49. The van der Waals surface area contributed by atoms with Crippen LogP contribution in [-0.4, -0.2) is 19.0 Å². The third-order valence-electron chi connectivity index (χ3n) is 1.71. The molecule has 4 heteroatoms. The molecule has 1 saturated heterocycles. The van der Waals surface area contributed by atoms with Gasteiger partial charge >= 0.3 is 0 Å². The van der Waals surface area contributed by atoms with E-state index in [1.807, 2.05) is 0 Å². The SMILES string of the molecule is C#CC1CCSP(=O)(OC)C1. The van der Waals surface area contributed by atoms with Gasteiger partial charge in [0.2, 0.25) is 0 Å². The summed E-state index contributed by atoms with van der Waals surface area (Å²) in [6, 6.07) is 0. The molecule has 2 nitrogen and oxygen atoms in total. The van der Waals surface area contributed by atoms with E-state index in [-0.39, 0.29) is 5.92 Å². The molecule has 0 N–H and O–H groups in total. The van der Waals surface area contributed by atoms with Crippen molar-refractivity contribution in [1.29, 1.82) is 0 Å². The molecular weight excluding hydrogens is 179 g/mol. The minimum absolute atomic E-state index is 0.155. The molecule has 0 bridgehead atoms. The normalized spacial score (nSPS) is 38.0. The summed E-state index contributed by atoms with van der Waals surface area (Å²) < 4.78 is 16.6. The average molecular weight is 190 g/mol. The van der Waals surface area contributed by atoms with Crippen molar-refractivity contribution in [2.45, 2.75) is 6.42 Å². The van der Waals surface area contributed by atoms with Crippen molar-refractivity contribution < 1.29 is 9.09 Å². The van der Waals surface area contributed by atoms with Crippen molar-refractivity contribution in [3.05, 3.63) is 0 Å². The molecule has 2 unspecified atom stereocenters. The number of hydrogen-bond donors (Lipinski definition) is 0. The summed E-state index contributed by atoms with van der Waals surface area (Å²) in [5, 5.41) is 0. The van der Waals surface area contributed by atoms with Gasteiger partial charge in [-0.2, -0.15) is 0 Å². The van der Waals surface area contributed by atoms with Gasteiger partial charge in [-0.1, -0.05) is 11.4 Å². The second kappa shape index (κ2) is 3.67. The Kier molecular flexibility index (Phi) is 3.06. The molecule has 1 aliphatic heterocycles. The Labute approximate surface area is 71.3 Å². The molecule has 0 aromatic carbocycles. The summed E-state index contributed by atoms with van der Waals surface area (Å²) >= 11 is 1.42. The summed E-state index contributed by atoms with van der Waals surface area (Å²) in [5.41, 5.74) is 0. The van der Waals surface area contributed by atoms with Crippen molar-refractivity contribution in [3.8, 4) is 12.3 Å². The zero-order valence-electron chi connectivity index (χ0n) is 6.45. The molecule has 1 rings (SSSR count). The first-order valence-corrected chi connectivity index (χ1v) is 6.86. The molecule has 0 amide bonds. The minimum Gasteiger partial charge on any atom is -0.324 e. The maximum absolute atomic E-state index is 11.6. The van der Waals surface area contributed by atoms with E-state index in [0.29, 0.717) is 6.16 Å². The van der Waals surface area contributed by atoms with Crippen LogP contribution in [0.1, 0.15) is 6.42 Å². The fourth-order valence-corrected chi connectivity index (χ4v) is 5.19. The van der Waals surface area contributed by atoms with E-state index in [9.17, 15) is 4.57 Å². The Bertz CT molecular complexity index is 221. The first-order valence-electron chi connectivity index (χ1n) is 3.45. The first kappa shape index (κ1) is 9.19. The van der Waals surface area contributed by atoms with E-state index >= 15 is 0 Å². The molecule has 0 radical (unpaired) electrons. The molecule has 2 atom stereocenters. The van der Waals surface area contributed by atoms with Crippen LogP contribution in [0.2, 0.25) is 0 Å². The second-order valence-corrected chi connectivity index (χ2v) is 7.52. The van der Waals surface area contributed by atoms with Gasteiger partial charge in [-0.15, -0.1) is 12.3 Å². The van der Waals surface area contributed by atoms with Crippen molar-refractivity contribution in [1.82, 2.24) is 0 Å². The minimum atomic E-state index is -2.39. The highest BCUT2D eigenvalue weighted by Crippen LogP contribution is 2.63. The van der Waals surface area contributed by atoms with Crippen LogP contribution in [0.4, 0.5) is 0 Å². The Balaban J connectivity index is 2.61. The lowest BCUT2D eigenvalue weighted by molar-refractivity contribution is 0.403. The van der Waals surface area contributed by atoms with Crippen molar-refractivity contribution in [2.75, 3.05) is 19.0 Å². The molecule has 1 heterocycles. The van der Waals surface area contributed by atoms with Crippen LogP contribution in [0.15, 0.2) is 0 Å². The van der Waals surface area contributed by atoms with Crippen molar-refractivity contribution in [3.63, 3.8) is 0 Å². The molecule has 0 spiro atoms. The number of terminal acetylenes is 1. The Morgan fingerprint density at radius 2 is 2.55 bits per heavy atom. The summed E-state index contributed by atoms with van der Waals surface area (Å²) in [5.74, 6) is 3.64. The van der Waals surface area contributed by atoms with Gasteiger partial charge in [-0.25, -0.2) is 0 Å². The molecule has 0 aromatic rings. The molecule has 1 fully saturated rings. The first-order chi connectivity index (χ1) is 5.20. The molecule has 0 saturated carbocycles. The topological polar surface area (TPSA) is 26.3 Å². The quantitative estimate of drug-likeness (QED) is 0.468. The number of rotatable bonds is 1. The van der Waals surface area contributed by atoms with Crippen molar-refractivity contribution >= 4 is 18.0 Å². The third-order valence-corrected chi connectivity index (χ3v) is 6.59. The van der Waals surface area contributed by atoms with E-state index < -0.39 is 6.57 Å². The third kappa shape index (κ3) is 2.27. The van der Waals surface area contributed by atoms with Crippen LogP contribution in [0.5, 0.6) is 0 Å². The zero-order chi connectivity index (χ0) is 8.32. The maximum Gasteiger partial charge on any atom is 0.258 e. The Morgan fingerprint density at radius 3 is 3.09 bits per heavy atom. The fraction of sp³-hybridized carbons (Fsp3) is 0.714. The summed E-state index contributed by atoms with van der Waals surface area (Å²) in [6.07, 6.45) is 6.76. The standard InChI is InChI=1S/C7H11O2PS/c1-3-7-4-5-11-10(8,6-7)9-2/h1,7H,4-6H2,2H3. The molecule has 11 heavy (non-hydrogen) atoms. The van der Waals surface area contributed by atoms with Gasteiger partial charge in [-0.3, -0.25) is 4.57 Å². The van der Waals surface area contributed by atoms with E-state index in [0.717, 1.165) is 12.2 Å². The highest BCUT2D eigenvalue weighted by atomic mass is 32.7. The van der Waals surface area contributed by atoms with Crippen LogP contribution >= 0.6 is 18.0 Å². The van der Waals surface area contributed by atoms with E-state index in [2.05, 4.69) is 5.92 Å². The largest absolute Gasteiger partial charge is 0.324 e. The van der Waals surface area contributed by atoms with Gasteiger partial charge in [0.1, 0.15) is 0 Å². The monoisotopic (exact) mass is 190 g/mol. The molecular formula is C7H11O2PS. The summed E-state index contributed by atoms with van der Waals surface area (Å²) in [4.78, 5) is 0. The zero-order valence-corrected chi connectivity index (χ0v) is 8.16. The lowest BCUT2D eigenvalue weighted by Gasteiger charge is -2.23. The van der Waals surface area contributed by atoms with Gasteiger partial charge < -0.3 is 4.52 Å². The van der Waals surface area contributed by atoms with Gasteiger partial charge in [0.05, 0.1) is 0 Å². The Hall–Kier alpha value is 0.1000. The molecule has 62 valence electrons. The van der Waals surface area contributed by atoms with Crippen LogP contribution in [0.25, 0.3) is 0 Å². The molecule has 0 aliphatic carbocycles. The lowest BCUT2D eigenvalue weighted by Crippen LogP contribution is -2.10. The lowest BCUT2D eigenvalue weighted by atomic mass is 10.1. The molecule has 0 aromatic heterocycles. The highest BCUT2D eigenvalue weighted by Gasteiger charge is 2.30. The predicted molar refractivity (Wildman–Crippen MR) is 48.9 cm³/mol. The van der Waals surface area contributed by atoms with Crippen LogP contribution in [-0.2, 0) is 9.09 Å². The highest BCUT2D eigenvalue weighted by molar-refractivity contribution is 8.56. The van der Waals surface area contributed by atoms with Gasteiger partial charge in [0, 0.05) is 24.9 Å². The Morgan fingerprint density at radius 1 is 1.82 bits per heavy atom. The van der Waals surface area contributed by atoms with E-state index in [4.69, 9.17) is 10.9 Å².